The summed E-state index contributed by atoms with van der Waals surface area (Å²) in [6, 6.07) is 1.93. The first kappa shape index (κ1) is 12.5. The Hall–Kier alpha value is -0.930. The van der Waals surface area contributed by atoms with Gasteiger partial charge in [-0.1, -0.05) is 18.5 Å². The van der Waals surface area contributed by atoms with Gasteiger partial charge in [0.1, 0.15) is 13.2 Å². The number of hydrogen-bond donors (Lipinski definition) is 1. The molecular weight excluding hydrogens is 240 g/mol. The van der Waals surface area contributed by atoms with E-state index in [2.05, 4.69) is 6.92 Å². The summed E-state index contributed by atoms with van der Waals surface area (Å²) in [6.45, 7) is 3.39. The molecular formula is C13H17ClO3. The van der Waals surface area contributed by atoms with Gasteiger partial charge in [0.05, 0.1) is 5.02 Å². The molecule has 0 atom stereocenters. The van der Waals surface area contributed by atoms with Gasteiger partial charge in [0.15, 0.2) is 11.5 Å². The van der Waals surface area contributed by atoms with E-state index in [9.17, 15) is 0 Å². The van der Waals surface area contributed by atoms with Gasteiger partial charge in [-0.2, -0.15) is 0 Å². The van der Waals surface area contributed by atoms with Crippen molar-refractivity contribution in [2.45, 2.75) is 26.2 Å². The molecule has 1 aromatic carbocycles. The predicted octanol–water partition coefficient (Wildman–Crippen LogP) is 2.60. The molecule has 2 rings (SSSR count). The quantitative estimate of drug-likeness (QED) is 0.900. The highest BCUT2D eigenvalue weighted by Gasteiger charge is 2.21. The lowest BCUT2D eigenvalue weighted by Gasteiger charge is -2.24. The third-order valence-corrected chi connectivity index (χ3v) is 3.20. The van der Waals surface area contributed by atoms with Crippen LogP contribution in [0.5, 0.6) is 11.5 Å². The van der Waals surface area contributed by atoms with Gasteiger partial charge < -0.3 is 14.6 Å². The van der Waals surface area contributed by atoms with Crippen molar-refractivity contribution >= 4 is 11.6 Å². The topological polar surface area (TPSA) is 38.7 Å². The first-order chi connectivity index (χ1) is 8.27. The molecule has 1 heterocycles. The summed E-state index contributed by atoms with van der Waals surface area (Å²) >= 11 is 6.19. The van der Waals surface area contributed by atoms with Gasteiger partial charge in [-0.05, 0) is 30.9 Å². The first-order valence-electron chi connectivity index (χ1n) is 5.98. The van der Waals surface area contributed by atoms with Crippen molar-refractivity contribution in [3.63, 3.8) is 0 Å². The monoisotopic (exact) mass is 256 g/mol. The fraction of sp³-hybridized carbons (Fsp3) is 0.538. The minimum absolute atomic E-state index is 0.190. The Morgan fingerprint density at radius 1 is 1.29 bits per heavy atom. The number of fused-ring (bicyclic) bond motifs is 1. The SMILES string of the molecule is CCc1c(CCCO)cc(Cl)c2c1OCCO2. The van der Waals surface area contributed by atoms with Gasteiger partial charge in [-0.3, -0.25) is 0 Å². The van der Waals surface area contributed by atoms with Crippen LogP contribution in [0.25, 0.3) is 0 Å². The lowest BCUT2D eigenvalue weighted by molar-refractivity contribution is 0.170. The molecule has 0 saturated carbocycles. The largest absolute Gasteiger partial charge is 0.486 e. The molecule has 1 aliphatic rings. The van der Waals surface area contributed by atoms with Crippen molar-refractivity contribution in [1.29, 1.82) is 0 Å². The van der Waals surface area contributed by atoms with Gasteiger partial charge in [-0.15, -0.1) is 0 Å². The van der Waals surface area contributed by atoms with Crippen LogP contribution in [0.1, 0.15) is 24.5 Å². The highest BCUT2D eigenvalue weighted by molar-refractivity contribution is 6.32. The third-order valence-electron chi connectivity index (χ3n) is 2.92. The Kier molecular flexibility index (Phi) is 4.13. The number of aryl methyl sites for hydroxylation is 1. The Bertz CT molecular complexity index is 404. The molecule has 0 saturated heterocycles. The zero-order valence-corrected chi connectivity index (χ0v) is 10.7. The highest BCUT2D eigenvalue weighted by atomic mass is 35.5. The van der Waals surface area contributed by atoms with E-state index in [-0.39, 0.29) is 6.61 Å². The Balaban J connectivity index is 2.42. The molecule has 0 amide bonds. The summed E-state index contributed by atoms with van der Waals surface area (Å²) < 4.78 is 11.2. The number of rotatable bonds is 4. The standard InChI is InChI=1S/C13H17ClO3/c1-2-10-9(4-3-5-15)8-11(14)13-12(10)16-6-7-17-13/h8,15H,2-7H2,1H3. The molecule has 0 bridgehead atoms. The van der Waals surface area contributed by atoms with Gasteiger partial charge >= 0.3 is 0 Å². The second kappa shape index (κ2) is 5.61. The molecule has 1 aliphatic heterocycles. The van der Waals surface area contributed by atoms with Crippen LogP contribution in [-0.4, -0.2) is 24.9 Å². The van der Waals surface area contributed by atoms with Crippen LogP contribution in [0, 0.1) is 0 Å². The Morgan fingerprint density at radius 2 is 2.00 bits per heavy atom. The lowest BCUT2D eigenvalue weighted by Crippen LogP contribution is -2.17. The molecule has 0 aliphatic carbocycles. The Labute approximate surface area is 106 Å². The molecule has 17 heavy (non-hydrogen) atoms. The third kappa shape index (κ3) is 2.50. The summed E-state index contributed by atoms with van der Waals surface area (Å²) in [5.74, 6) is 1.46. The van der Waals surface area contributed by atoms with E-state index in [0.717, 1.165) is 36.1 Å². The summed E-state index contributed by atoms with van der Waals surface area (Å²) in [5.41, 5.74) is 2.30. The van der Waals surface area contributed by atoms with Crippen molar-refractivity contribution in [3.8, 4) is 11.5 Å². The number of ether oxygens (including phenoxy) is 2. The Morgan fingerprint density at radius 3 is 2.65 bits per heavy atom. The fourth-order valence-corrected chi connectivity index (χ4v) is 2.42. The molecule has 0 unspecified atom stereocenters. The van der Waals surface area contributed by atoms with Crippen LogP contribution in [0.2, 0.25) is 5.02 Å². The van der Waals surface area contributed by atoms with Crippen LogP contribution in [0.3, 0.4) is 0 Å². The van der Waals surface area contributed by atoms with Crippen LogP contribution in [0.4, 0.5) is 0 Å². The van der Waals surface area contributed by atoms with Crippen molar-refractivity contribution in [2.24, 2.45) is 0 Å². The van der Waals surface area contributed by atoms with E-state index in [1.54, 1.807) is 0 Å². The molecule has 0 aromatic heterocycles. The normalized spacial score (nSPS) is 13.8. The maximum Gasteiger partial charge on any atom is 0.180 e. The van der Waals surface area contributed by atoms with E-state index < -0.39 is 0 Å². The molecule has 4 heteroatoms. The average molecular weight is 257 g/mol. The van der Waals surface area contributed by atoms with Crippen LogP contribution < -0.4 is 9.47 Å². The zero-order chi connectivity index (χ0) is 12.3. The molecule has 0 radical (unpaired) electrons. The molecule has 94 valence electrons. The lowest BCUT2D eigenvalue weighted by atomic mass is 9.99. The number of halogens is 1. The van der Waals surface area contributed by atoms with Gasteiger partial charge in [0.2, 0.25) is 0 Å². The van der Waals surface area contributed by atoms with Crippen molar-refractivity contribution in [2.75, 3.05) is 19.8 Å². The van der Waals surface area contributed by atoms with Crippen molar-refractivity contribution < 1.29 is 14.6 Å². The van der Waals surface area contributed by atoms with E-state index in [1.165, 1.54) is 0 Å². The number of benzene rings is 1. The van der Waals surface area contributed by atoms with Crippen LogP contribution >= 0.6 is 11.6 Å². The fourth-order valence-electron chi connectivity index (χ4n) is 2.15. The van der Waals surface area contributed by atoms with Gasteiger partial charge in [-0.25, -0.2) is 0 Å². The maximum absolute atomic E-state index is 8.91. The second-order valence-electron chi connectivity index (χ2n) is 4.03. The molecule has 1 N–H and O–H groups in total. The second-order valence-corrected chi connectivity index (χ2v) is 4.44. The zero-order valence-electron chi connectivity index (χ0n) is 9.96. The van der Waals surface area contributed by atoms with Crippen LogP contribution in [0.15, 0.2) is 6.07 Å². The summed E-state index contributed by atoms with van der Waals surface area (Å²) in [7, 11) is 0. The molecule has 0 fully saturated rings. The minimum Gasteiger partial charge on any atom is -0.486 e. The maximum atomic E-state index is 8.91. The van der Waals surface area contributed by atoms with Crippen molar-refractivity contribution in [1.82, 2.24) is 0 Å². The van der Waals surface area contributed by atoms with E-state index >= 15 is 0 Å². The van der Waals surface area contributed by atoms with Gasteiger partial charge in [0.25, 0.3) is 0 Å². The van der Waals surface area contributed by atoms with Crippen LogP contribution in [-0.2, 0) is 12.8 Å². The average Bonchev–Trinajstić information content (AvgIpc) is 2.36. The molecule has 1 aromatic rings. The smallest absolute Gasteiger partial charge is 0.180 e. The summed E-state index contributed by atoms with van der Waals surface area (Å²) in [5, 5.41) is 9.51. The minimum atomic E-state index is 0.190. The van der Waals surface area contributed by atoms with E-state index in [1.807, 2.05) is 6.07 Å². The molecule has 3 nitrogen and oxygen atoms in total. The summed E-state index contributed by atoms with van der Waals surface area (Å²) in [4.78, 5) is 0. The summed E-state index contributed by atoms with van der Waals surface area (Å²) in [6.07, 6.45) is 2.43. The van der Waals surface area contributed by atoms with E-state index in [0.29, 0.717) is 24.0 Å². The number of aliphatic hydroxyl groups is 1. The number of aliphatic hydroxyl groups excluding tert-OH is 1. The predicted molar refractivity (Wildman–Crippen MR) is 67.2 cm³/mol. The highest BCUT2D eigenvalue weighted by Crippen LogP contribution is 2.42. The van der Waals surface area contributed by atoms with E-state index in [4.69, 9.17) is 26.2 Å². The van der Waals surface area contributed by atoms with Crippen molar-refractivity contribution in [3.05, 3.63) is 22.2 Å². The van der Waals surface area contributed by atoms with Gasteiger partial charge in [0, 0.05) is 12.2 Å². The number of hydrogen-bond acceptors (Lipinski definition) is 3. The molecule has 0 spiro atoms. The first-order valence-corrected chi connectivity index (χ1v) is 6.36.